The van der Waals surface area contributed by atoms with Crippen molar-refractivity contribution in [2.75, 3.05) is 49.1 Å². The van der Waals surface area contributed by atoms with Gasteiger partial charge in [0.1, 0.15) is 6.04 Å². The molecule has 3 fully saturated rings. The predicted octanol–water partition coefficient (Wildman–Crippen LogP) is 1.21. The van der Waals surface area contributed by atoms with Crippen molar-refractivity contribution >= 4 is 39.3 Å². The van der Waals surface area contributed by atoms with Crippen LogP contribution < -0.4 is 9.80 Å². The molecule has 0 N–H and O–H groups in total. The maximum absolute atomic E-state index is 13.3. The van der Waals surface area contributed by atoms with Gasteiger partial charge in [-0.2, -0.15) is 0 Å². The Balaban J connectivity index is 1.22. The summed E-state index contributed by atoms with van der Waals surface area (Å²) in [6.07, 6.45) is 4.55. The zero-order valence-electron chi connectivity index (χ0n) is 17.1. The molecular weight excluding hydrogens is 420 g/mol. The van der Waals surface area contributed by atoms with Crippen LogP contribution in [0.3, 0.4) is 0 Å². The van der Waals surface area contributed by atoms with Crippen molar-refractivity contribution in [2.24, 2.45) is 0 Å². The van der Waals surface area contributed by atoms with Gasteiger partial charge in [0.25, 0.3) is 5.91 Å². The van der Waals surface area contributed by atoms with Crippen LogP contribution in [0.4, 0.5) is 10.3 Å². The molecule has 10 nitrogen and oxygen atoms in total. The summed E-state index contributed by atoms with van der Waals surface area (Å²) >= 11 is 1.38. The molecule has 5 rings (SSSR count). The summed E-state index contributed by atoms with van der Waals surface area (Å²) in [7, 11) is 0. The lowest BCUT2D eigenvalue weighted by Gasteiger charge is -2.37. The third-order valence-electron chi connectivity index (χ3n) is 6.10. The minimum Gasteiger partial charge on any atom is -0.459 e. The number of anilines is 2. The van der Waals surface area contributed by atoms with Gasteiger partial charge < -0.3 is 19.1 Å². The maximum Gasteiger partial charge on any atom is 0.289 e. The monoisotopic (exact) mass is 444 g/mol. The molecule has 5 heterocycles. The number of rotatable bonds is 4. The summed E-state index contributed by atoms with van der Waals surface area (Å²) < 4.78 is 5.20. The van der Waals surface area contributed by atoms with Crippen molar-refractivity contribution in [1.29, 1.82) is 0 Å². The van der Waals surface area contributed by atoms with Crippen LogP contribution in [-0.2, 0) is 9.59 Å². The molecule has 2 aromatic rings. The number of nitrogens with zero attached hydrogens (tertiary/aromatic N) is 6. The predicted molar refractivity (Wildman–Crippen MR) is 113 cm³/mol. The quantitative estimate of drug-likeness (QED) is 0.698. The summed E-state index contributed by atoms with van der Waals surface area (Å²) in [5.41, 5.74) is 0. The minimum absolute atomic E-state index is 0.0663. The van der Waals surface area contributed by atoms with Crippen molar-refractivity contribution in [1.82, 2.24) is 20.0 Å². The summed E-state index contributed by atoms with van der Waals surface area (Å²) in [4.78, 5) is 45.0. The van der Waals surface area contributed by atoms with Crippen LogP contribution in [0.5, 0.6) is 0 Å². The molecule has 0 aliphatic carbocycles. The molecule has 31 heavy (non-hydrogen) atoms. The van der Waals surface area contributed by atoms with Gasteiger partial charge in [-0.3, -0.25) is 19.3 Å². The SMILES string of the molecule is O=C(c1ccco1)N1CCN(C(=O)[C@H]2CCCN2c2nnc(N3CCCC3=O)s2)CC1. The molecule has 0 unspecified atom stereocenters. The molecular formula is C20H24N6O4S. The number of piperazine rings is 1. The summed E-state index contributed by atoms with van der Waals surface area (Å²) in [6, 6.07) is 3.07. The number of aromatic nitrogens is 2. The lowest BCUT2D eigenvalue weighted by atomic mass is 10.1. The number of carbonyl (C=O) groups is 3. The molecule has 3 aliphatic heterocycles. The van der Waals surface area contributed by atoms with Gasteiger partial charge in [-0.15, -0.1) is 10.2 Å². The van der Waals surface area contributed by atoms with E-state index in [0.29, 0.717) is 55.2 Å². The minimum atomic E-state index is -0.276. The highest BCUT2D eigenvalue weighted by Crippen LogP contribution is 2.34. The molecule has 1 atom stereocenters. The van der Waals surface area contributed by atoms with Crippen LogP contribution in [0.25, 0.3) is 0 Å². The Morgan fingerprint density at radius 3 is 2.48 bits per heavy atom. The van der Waals surface area contributed by atoms with Crippen molar-refractivity contribution in [3.05, 3.63) is 24.2 Å². The number of amides is 3. The van der Waals surface area contributed by atoms with E-state index >= 15 is 0 Å². The molecule has 0 bridgehead atoms. The highest BCUT2D eigenvalue weighted by Gasteiger charge is 2.38. The summed E-state index contributed by atoms with van der Waals surface area (Å²) in [5.74, 6) is 0.332. The van der Waals surface area contributed by atoms with E-state index in [2.05, 4.69) is 10.2 Å². The van der Waals surface area contributed by atoms with Crippen LogP contribution in [-0.4, -0.2) is 83.0 Å². The Morgan fingerprint density at radius 2 is 1.77 bits per heavy atom. The van der Waals surface area contributed by atoms with Crippen LogP contribution in [0, 0.1) is 0 Å². The van der Waals surface area contributed by atoms with Gasteiger partial charge in [0.05, 0.1) is 6.26 Å². The Morgan fingerprint density at radius 1 is 1.00 bits per heavy atom. The fourth-order valence-electron chi connectivity index (χ4n) is 4.43. The molecule has 0 aromatic carbocycles. The summed E-state index contributed by atoms with van der Waals surface area (Å²) in [6.45, 7) is 3.39. The van der Waals surface area contributed by atoms with Crippen LogP contribution in [0.2, 0.25) is 0 Å². The lowest BCUT2D eigenvalue weighted by molar-refractivity contribution is -0.133. The van der Waals surface area contributed by atoms with Crippen LogP contribution >= 0.6 is 11.3 Å². The Labute approximate surface area is 183 Å². The second kappa shape index (κ2) is 8.29. The topological polar surface area (TPSA) is 103 Å². The molecule has 164 valence electrons. The second-order valence-electron chi connectivity index (χ2n) is 7.96. The average molecular weight is 445 g/mol. The van der Waals surface area contributed by atoms with Gasteiger partial charge >= 0.3 is 0 Å². The third-order valence-corrected chi connectivity index (χ3v) is 7.09. The number of hydrogen-bond acceptors (Lipinski definition) is 8. The molecule has 3 amide bonds. The molecule has 0 saturated carbocycles. The number of furan rings is 1. The Kier molecular flexibility index (Phi) is 5.34. The second-order valence-corrected chi connectivity index (χ2v) is 8.90. The highest BCUT2D eigenvalue weighted by molar-refractivity contribution is 7.19. The Hall–Kier alpha value is -2.95. The van der Waals surface area contributed by atoms with Crippen LogP contribution in [0.15, 0.2) is 22.8 Å². The van der Waals surface area contributed by atoms with E-state index in [4.69, 9.17) is 4.42 Å². The van der Waals surface area contributed by atoms with E-state index in [0.717, 1.165) is 25.8 Å². The van der Waals surface area contributed by atoms with E-state index in [1.807, 2.05) is 9.80 Å². The van der Waals surface area contributed by atoms with Gasteiger partial charge in [0.2, 0.25) is 22.1 Å². The van der Waals surface area contributed by atoms with E-state index in [9.17, 15) is 14.4 Å². The van der Waals surface area contributed by atoms with Crippen LogP contribution in [0.1, 0.15) is 36.2 Å². The molecule has 3 saturated heterocycles. The smallest absolute Gasteiger partial charge is 0.289 e. The largest absolute Gasteiger partial charge is 0.459 e. The summed E-state index contributed by atoms with van der Waals surface area (Å²) in [5, 5.41) is 9.80. The Bertz CT molecular complexity index is 968. The average Bonchev–Trinajstić information content (AvgIpc) is 3.59. The normalized spacial score (nSPS) is 21.9. The van der Waals surface area contributed by atoms with Gasteiger partial charge in [0.15, 0.2) is 5.76 Å². The van der Waals surface area contributed by atoms with E-state index in [1.165, 1.54) is 17.6 Å². The highest BCUT2D eigenvalue weighted by atomic mass is 32.1. The van der Waals surface area contributed by atoms with E-state index in [1.54, 1.807) is 21.9 Å². The zero-order valence-corrected chi connectivity index (χ0v) is 17.9. The number of carbonyl (C=O) groups excluding carboxylic acids is 3. The zero-order chi connectivity index (χ0) is 21.4. The van der Waals surface area contributed by atoms with Gasteiger partial charge in [-0.05, 0) is 31.4 Å². The van der Waals surface area contributed by atoms with Gasteiger partial charge in [-0.1, -0.05) is 11.3 Å². The molecule has 3 aliphatic rings. The van der Waals surface area contributed by atoms with Crippen molar-refractivity contribution < 1.29 is 18.8 Å². The fourth-order valence-corrected chi connectivity index (χ4v) is 5.40. The lowest BCUT2D eigenvalue weighted by Crippen LogP contribution is -2.54. The fraction of sp³-hybridized carbons (Fsp3) is 0.550. The first-order valence-corrected chi connectivity index (χ1v) is 11.5. The third kappa shape index (κ3) is 3.78. The first kappa shape index (κ1) is 20.0. The standard InChI is InChI=1S/C20H24N6O4S/c27-16-6-2-8-26(16)20-22-21-19(31-20)25-7-1-4-14(25)17(28)23-9-11-24(12-10-23)18(29)15-5-3-13-30-15/h3,5,13-14H,1-2,4,6-12H2/t14-/m1/s1. The van der Waals surface area contributed by atoms with E-state index in [-0.39, 0.29) is 23.8 Å². The molecule has 0 radical (unpaired) electrons. The van der Waals surface area contributed by atoms with Crippen molar-refractivity contribution in [2.45, 2.75) is 31.7 Å². The van der Waals surface area contributed by atoms with E-state index < -0.39 is 0 Å². The first-order chi connectivity index (χ1) is 15.1. The van der Waals surface area contributed by atoms with Gasteiger partial charge in [-0.25, -0.2) is 0 Å². The number of hydrogen-bond donors (Lipinski definition) is 0. The molecule has 11 heteroatoms. The maximum atomic E-state index is 13.3. The molecule has 2 aromatic heterocycles. The van der Waals surface area contributed by atoms with Crippen molar-refractivity contribution in [3.8, 4) is 0 Å². The first-order valence-electron chi connectivity index (χ1n) is 10.6. The molecule has 0 spiro atoms. The van der Waals surface area contributed by atoms with Gasteiger partial charge in [0, 0.05) is 45.7 Å². The van der Waals surface area contributed by atoms with Crippen molar-refractivity contribution in [3.63, 3.8) is 0 Å².